The fourth-order valence-electron chi connectivity index (χ4n) is 2.78. The second-order valence-corrected chi connectivity index (χ2v) is 6.74. The molecule has 28 heavy (non-hydrogen) atoms. The predicted molar refractivity (Wildman–Crippen MR) is 109 cm³/mol. The van der Waals surface area contributed by atoms with E-state index in [9.17, 15) is 9.59 Å². The molecule has 1 aromatic heterocycles. The van der Waals surface area contributed by atoms with Crippen molar-refractivity contribution in [3.63, 3.8) is 0 Å². The summed E-state index contributed by atoms with van der Waals surface area (Å²) in [6, 6.07) is 19.1. The summed E-state index contributed by atoms with van der Waals surface area (Å²) in [5, 5.41) is 5.79. The van der Waals surface area contributed by atoms with Gasteiger partial charge in [0.1, 0.15) is 0 Å². The molecule has 3 rings (SSSR count). The number of pyridine rings is 1. The Balaban J connectivity index is 1.63. The maximum absolute atomic E-state index is 12.5. The topological polar surface area (TPSA) is 71.1 Å². The van der Waals surface area contributed by atoms with E-state index >= 15 is 0 Å². The van der Waals surface area contributed by atoms with Crippen LogP contribution in [-0.4, -0.2) is 16.8 Å². The van der Waals surface area contributed by atoms with Crippen molar-refractivity contribution >= 4 is 11.8 Å². The molecule has 0 fully saturated rings. The lowest BCUT2D eigenvalue weighted by Gasteiger charge is -2.14. The van der Waals surface area contributed by atoms with Gasteiger partial charge in [0, 0.05) is 18.9 Å². The van der Waals surface area contributed by atoms with E-state index in [1.54, 1.807) is 6.07 Å². The number of hydrogen-bond donors (Lipinski definition) is 2. The van der Waals surface area contributed by atoms with Crippen LogP contribution in [0.2, 0.25) is 0 Å². The molecule has 5 heteroatoms. The normalized spacial score (nSPS) is 11.5. The summed E-state index contributed by atoms with van der Waals surface area (Å²) in [7, 11) is 0. The third-order valence-corrected chi connectivity index (χ3v) is 4.48. The highest BCUT2D eigenvalue weighted by Crippen LogP contribution is 2.13. The van der Waals surface area contributed by atoms with Gasteiger partial charge in [0.25, 0.3) is 11.8 Å². The van der Waals surface area contributed by atoms with Gasteiger partial charge in [0.2, 0.25) is 0 Å². The SMILES string of the molecule is Cc1ccc(CNC(=O)c2cncc(C(=O)NC(C)c3ccccc3)c2)cc1. The summed E-state index contributed by atoms with van der Waals surface area (Å²) in [6.45, 7) is 4.35. The van der Waals surface area contributed by atoms with Crippen molar-refractivity contribution in [1.82, 2.24) is 15.6 Å². The Morgan fingerprint density at radius 3 is 2.25 bits per heavy atom. The van der Waals surface area contributed by atoms with E-state index < -0.39 is 0 Å². The van der Waals surface area contributed by atoms with Gasteiger partial charge in [-0.2, -0.15) is 0 Å². The molecule has 0 saturated carbocycles. The number of hydrogen-bond acceptors (Lipinski definition) is 3. The van der Waals surface area contributed by atoms with Crippen LogP contribution in [-0.2, 0) is 6.54 Å². The van der Waals surface area contributed by atoms with Crippen LogP contribution in [0.5, 0.6) is 0 Å². The Labute approximate surface area is 164 Å². The van der Waals surface area contributed by atoms with Gasteiger partial charge in [-0.3, -0.25) is 14.6 Å². The lowest BCUT2D eigenvalue weighted by atomic mass is 10.1. The monoisotopic (exact) mass is 373 g/mol. The molecule has 2 N–H and O–H groups in total. The molecule has 0 aliphatic rings. The second-order valence-electron chi connectivity index (χ2n) is 6.74. The highest BCUT2D eigenvalue weighted by atomic mass is 16.2. The highest BCUT2D eigenvalue weighted by molar-refractivity contribution is 5.99. The van der Waals surface area contributed by atoms with E-state index in [0.29, 0.717) is 17.7 Å². The first-order valence-electron chi connectivity index (χ1n) is 9.17. The molecule has 142 valence electrons. The van der Waals surface area contributed by atoms with Crippen LogP contribution in [0, 0.1) is 6.92 Å². The fourth-order valence-corrected chi connectivity index (χ4v) is 2.78. The summed E-state index contributed by atoms with van der Waals surface area (Å²) < 4.78 is 0. The summed E-state index contributed by atoms with van der Waals surface area (Å²) in [6.07, 6.45) is 2.92. The number of nitrogens with one attached hydrogen (secondary N) is 2. The molecule has 0 bridgehead atoms. The van der Waals surface area contributed by atoms with Gasteiger partial charge in [-0.15, -0.1) is 0 Å². The number of amides is 2. The zero-order chi connectivity index (χ0) is 19.9. The summed E-state index contributed by atoms with van der Waals surface area (Å²) in [5.74, 6) is -0.532. The van der Waals surface area contributed by atoms with Gasteiger partial charge in [-0.1, -0.05) is 60.2 Å². The minimum Gasteiger partial charge on any atom is -0.348 e. The molecular weight excluding hydrogens is 350 g/mol. The minimum absolute atomic E-state index is 0.146. The molecule has 0 aliphatic heterocycles. The summed E-state index contributed by atoms with van der Waals surface area (Å²) >= 11 is 0. The van der Waals surface area contributed by atoms with Gasteiger partial charge in [0.15, 0.2) is 0 Å². The zero-order valence-electron chi connectivity index (χ0n) is 16.0. The van der Waals surface area contributed by atoms with Crippen molar-refractivity contribution < 1.29 is 9.59 Å². The van der Waals surface area contributed by atoms with Crippen molar-refractivity contribution in [3.05, 3.63) is 101 Å². The van der Waals surface area contributed by atoms with Gasteiger partial charge >= 0.3 is 0 Å². The average Bonchev–Trinajstić information content (AvgIpc) is 2.73. The first kappa shape index (κ1) is 19.3. The van der Waals surface area contributed by atoms with E-state index in [2.05, 4.69) is 15.6 Å². The number of aromatic nitrogens is 1. The van der Waals surface area contributed by atoms with Gasteiger partial charge in [-0.05, 0) is 31.0 Å². The van der Waals surface area contributed by atoms with E-state index in [1.807, 2.05) is 68.4 Å². The number of aryl methyl sites for hydroxylation is 1. The Morgan fingerprint density at radius 1 is 0.929 bits per heavy atom. The van der Waals surface area contributed by atoms with Crippen molar-refractivity contribution in [1.29, 1.82) is 0 Å². The quantitative estimate of drug-likeness (QED) is 0.690. The number of carbonyl (C=O) groups excluding carboxylic acids is 2. The third kappa shape index (κ3) is 5.04. The maximum atomic E-state index is 12.5. The smallest absolute Gasteiger partial charge is 0.253 e. The largest absolute Gasteiger partial charge is 0.348 e. The van der Waals surface area contributed by atoms with Crippen LogP contribution >= 0.6 is 0 Å². The van der Waals surface area contributed by atoms with Crippen molar-refractivity contribution in [2.24, 2.45) is 0 Å². The lowest BCUT2D eigenvalue weighted by Crippen LogP contribution is -2.28. The Bertz CT molecular complexity index is 953. The Kier molecular flexibility index (Phi) is 6.17. The summed E-state index contributed by atoms with van der Waals surface area (Å²) in [5.41, 5.74) is 3.90. The van der Waals surface area contributed by atoms with E-state index in [1.165, 1.54) is 18.0 Å². The van der Waals surface area contributed by atoms with E-state index in [4.69, 9.17) is 0 Å². The van der Waals surface area contributed by atoms with Crippen LogP contribution < -0.4 is 10.6 Å². The fraction of sp³-hybridized carbons (Fsp3) is 0.174. The Morgan fingerprint density at radius 2 is 1.57 bits per heavy atom. The van der Waals surface area contributed by atoms with Crippen LogP contribution in [0.25, 0.3) is 0 Å². The molecule has 2 aromatic carbocycles. The van der Waals surface area contributed by atoms with E-state index in [-0.39, 0.29) is 17.9 Å². The second kappa shape index (κ2) is 8.95. The lowest BCUT2D eigenvalue weighted by molar-refractivity contribution is 0.0939. The number of benzene rings is 2. The van der Waals surface area contributed by atoms with E-state index in [0.717, 1.165) is 11.1 Å². The van der Waals surface area contributed by atoms with Crippen molar-refractivity contribution in [2.45, 2.75) is 26.4 Å². The molecule has 0 saturated heterocycles. The van der Waals surface area contributed by atoms with Gasteiger partial charge < -0.3 is 10.6 Å². The zero-order valence-corrected chi connectivity index (χ0v) is 16.0. The van der Waals surface area contributed by atoms with Crippen LogP contribution in [0.15, 0.2) is 73.1 Å². The molecule has 1 atom stereocenters. The molecule has 0 aliphatic carbocycles. The van der Waals surface area contributed by atoms with Gasteiger partial charge in [0.05, 0.1) is 17.2 Å². The third-order valence-electron chi connectivity index (χ3n) is 4.48. The molecular formula is C23H23N3O2. The standard InChI is InChI=1S/C23H23N3O2/c1-16-8-10-18(11-9-16)13-25-22(27)20-12-21(15-24-14-20)23(28)26-17(2)19-6-4-3-5-7-19/h3-12,14-15,17H,13H2,1-2H3,(H,25,27)(H,26,28). The molecule has 5 nitrogen and oxygen atoms in total. The molecule has 3 aromatic rings. The minimum atomic E-state index is -0.267. The number of nitrogens with zero attached hydrogens (tertiary/aromatic N) is 1. The van der Waals surface area contributed by atoms with Crippen LogP contribution in [0.1, 0.15) is 50.4 Å². The molecule has 0 radical (unpaired) electrons. The van der Waals surface area contributed by atoms with Crippen molar-refractivity contribution in [3.8, 4) is 0 Å². The average molecular weight is 373 g/mol. The van der Waals surface area contributed by atoms with Gasteiger partial charge in [-0.25, -0.2) is 0 Å². The predicted octanol–water partition coefficient (Wildman–Crippen LogP) is 3.81. The molecule has 1 heterocycles. The number of rotatable bonds is 6. The molecule has 0 spiro atoms. The van der Waals surface area contributed by atoms with Crippen LogP contribution in [0.3, 0.4) is 0 Å². The molecule has 1 unspecified atom stereocenters. The van der Waals surface area contributed by atoms with Crippen molar-refractivity contribution in [2.75, 3.05) is 0 Å². The Hall–Kier alpha value is -3.47. The first-order valence-corrected chi connectivity index (χ1v) is 9.17. The molecule has 2 amide bonds. The number of carbonyl (C=O) groups is 2. The summed E-state index contributed by atoms with van der Waals surface area (Å²) in [4.78, 5) is 29.0. The first-order chi connectivity index (χ1) is 13.5. The maximum Gasteiger partial charge on any atom is 0.253 e. The highest BCUT2D eigenvalue weighted by Gasteiger charge is 2.14. The van der Waals surface area contributed by atoms with Crippen LogP contribution in [0.4, 0.5) is 0 Å².